The van der Waals surface area contributed by atoms with Crippen LogP contribution < -0.4 is 27.7 Å². The van der Waals surface area contributed by atoms with E-state index in [0.29, 0.717) is 30.0 Å². The summed E-state index contributed by atoms with van der Waals surface area (Å²) in [7, 11) is 0. The number of Topliss-reactive ketones (excluding diaryl/α,β-unsaturated/α-hetero) is 1. The Labute approximate surface area is 184 Å². The molecule has 0 bridgehead atoms. The number of carboxylic acids is 2. The number of anilines is 3. The lowest BCUT2D eigenvalue weighted by Gasteiger charge is -2.12. The first kappa shape index (κ1) is 24.3. The number of nitrogens with zero attached hydrogens (tertiary/aromatic N) is 1. The normalized spacial score (nSPS) is 11.5. The number of carbonyl (C=O) groups excluding carboxylic acids is 2. The van der Waals surface area contributed by atoms with Crippen LogP contribution in [-0.2, 0) is 20.8 Å². The number of hydrogen-bond donors (Lipinski definition) is 7. The molecule has 0 unspecified atom stereocenters. The number of H-pyrrole nitrogens is 1. The van der Waals surface area contributed by atoms with Crippen molar-refractivity contribution in [3.8, 4) is 0 Å². The summed E-state index contributed by atoms with van der Waals surface area (Å²) in [5.74, 6) is -4.73. The number of amides is 1. The van der Waals surface area contributed by atoms with Crippen LogP contribution >= 0.6 is 11.3 Å². The first-order valence-electron chi connectivity index (χ1n) is 9.36. The maximum atomic E-state index is 12.3. The zero-order chi connectivity index (χ0) is 23.8. The summed E-state index contributed by atoms with van der Waals surface area (Å²) in [6, 6.07) is 1.50. The van der Waals surface area contributed by atoms with Crippen molar-refractivity contribution in [2.24, 2.45) is 0 Å². The number of nitrogen functional groups attached to an aromatic ring is 2. The Morgan fingerprint density at radius 3 is 2.53 bits per heavy atom. The molecule has 2 aromatic rings. The molecule has 0 aliphatic rings. The molecule has 0 aliphatic heterocycles. The summed E-state index contributed by atoms with van der Waals surface area (Å²) >= 11 is 0.993. The molecule has 13 nitrogen and oxygen atoms in total. The second-order valence-electron chi connectivity index (χ2n) is 6.64. The zero-order valence-electron chi connectivity index (χ0n) is 16.7. The maximum absolute atomic E-state index is 12.3. The number of nitrogens with two attached hydrogens (primary N) is 2. The van der Waals surface area contributed by atoms with Gasteiger partial charge in [0, 0.05) is 13.0 Å². The number of aromatic nitrogens is 2. The van der Waals surface area contributed by atoms with Gasteiger partial charge >= 0.3 is 11.9 Å². The van der Waals surface area contributed by atoms with Gasteiger partial charge in [0.2, 0.25) is 5.95 Å². The molecule has 1 atom stereocenters. The van der Waals surface area contributed by atoms with E-state index in [1.165, 1.54) is 6.07 Å². The molecule has 14 heteroatoms. The molecule has 1 amide bonds. The topological polar surface area (TPSA) is 231 Å². The fourth-order valence-electron chi connectivity index (χ4n) is 2.67. The highest BCUT2D eigenvalue weighted by Crippen LogP contribution is 2.22. The molecule has 0 aromatic carbocycles. The molecule has 0 spiro atoms. The Balaban J connectivity index is 1.88. The van der Waals surface area contributed by atoms with Crippen molar-refractivity contribution >= 4 is 51.7 Å². The van der Waals surface area contributed by atoms with Crippen LogP contribution in [0, 0.1) is 0 Å². The summed E-state index contributed by atoms with van der Waals surface area (Å²) in [6.45, 7) is 0.430. The molecule has 0 saturated heterocycles. The Kier molecular flexibility index (Phi) is 8.29. The minimum absolute atomic E-state index is 0.0595. The van der Waals surface area contributed by atoms with Crippen LogP contribution in [0.15, 0.2) is 16.9 Å². The standard InChI is InChI=1S/C18H22N6O7S/c19-14-8(15(28)24-18(20)23-14)2-1-7-21-11-5-4-10(32-11)13(27)16(29)22-9(17(30)31)3-6-12(25)26/h4-5,9,21H,1-3,6-7H2,(H,22,29)(H,25,26)(H,30,31)(H5,19,20,23,24,28)/t9-/m0/s1. The number of thiophene rings is 1. The van der Waals surface area contributed by atoms with Gasteiger partial charge in [0.15, 0.2) is 0 Å². The summed E-state index contributed by atoms with van der Waals surface area (Å²) in [5, 5.41) is 23.4. The van der Waals surface area contributed by atoms with E-state index in [1.807, 2.05) is 5.32 Å². The lowest BCUT2D eigenvalue weighted by atomic mass is 10.1. The van der Waals surface area contributed by atoms with Crippen molar-refractivity contribution in [2.45, 2.75) is 31.7 Å². The van der Waals surface area contributed by atoms with E-state index < -0.39 is 41.7 Å². The van der Waals surface area contributed by atoms with Crippen molar-refractivity contribution in [1.29, 1.82) is 0 Å². The number of ketones is 1. The van der Waals surface area contributed by atoms with Crippen molar-refractivity contribution in [1.82, 2.24) is 15.3 Å². The van der Waals surface area contributed by atoms with Gasteiger partial charge in [-0.2, -0.15) is 4.98 Å². The van der Waals surface area contributed by atoms with Crippen molar-refractivity contribution in [3.63, 3.8) is 0 Å². The monoisotopic (exact) mass is 466 g/mol. The molecule has 32 heavy (non-hydrogen) atoms. The summed E-state index contributed by atoms with van der Waals surface area (Å²) in [5.41, 5.74) is 11.0. The number of aliphatic carboxylic acids is 2. The first-order chi connectivity index (χ1) is 15.1. The van der Waals surface area contributed by atoms with E-state index in [9.17, 15) is 24.0 Å². The molecule has 2 heterocycles. The quantitative estimate of drug-likeness (QED) is 0.121. The van der Waals surface area contributed by atoms with Gasteiger partial charge in [-0.15, -0.1) is 11.3 Å². The first-order valence-corrected chi connectivity index (χ1v) is 10.2. The van der Waals surface area contributed by atoms with Gasteiger partial charge in [0.25, 0.3) is 17.2 Å². The van der Waals surface area contributed by atoms with Gasteiger partial charge in [-0.05, 0) is 31.4 Å². The van der Waals surface area contributed by atoms with Crippen LogP contribution in [0.2, 0.25) is 0 Å². The lowest BCUT2D eigenvalue weighted by Crippen LogP contribution is -2.44. The molecule has 0 saturated carbocycles. The molecule has 2 rings (SSSR count). The Morgan fingerprint density at radius 1 is 1.19 bits per heavy atom. The maximum Gasteiger partial charge on any atom is 0.326 e. The highest BCUT2D eigenvalue weighted by atomic mass is 32.1. The minimum Gasteiger partial charge on any atom is -0.481 e. The predicted molar refractivity (Wildman–Crippen MR) is 116 cm³/mol. The number of carboxylic acid groups (broad SMARTS) is 2. The van der Waals surface area contributed by atoms with Gasteiger partial charge in [-0.3, -0.25) is 24.2 Å². The van der Waals surface area contributed by atoms with Crippen molar-refractivity contribution in [2.75, 3.05) is 23.3 Å². The van der Waals surface area contributed by atoms with Gasteiger partial charge in [0.05, 0.1) is 15.4 Å². The molecule has 9 N–H and O–H groups in total. The predicted octanol–water partition coefficient (Wildman–Crippen LogP) is -0.343. The second-order valence-corrected chi connectivity index (χ2v) is 7.72. The molecule has 2 aromatic heterocycles. The van der Waals surface area contributed by atoms with Crippen LogP contribution in [0.5, 0.6) is 0 Å². The minimum atomic E-state index is -1.49. The smallest absolute Gasteiger partial charge is 0.326 e. The van der Waals surface area contributed by atoms with Crippen LogP contribution in [0.4, 0.5) is 16.8 Å². The van der Waals surface area contributed by atoms with Gasteiger partial charge in [0.1, 0.15) is 11.9 Å². The molecule has 0 aliphatic carbocycles. The fraction of sp³-hybridized carbons (Fsp3) is 0.333. The van der Waals surface area contributed by atoms with Crippen molar-refractivity contribution < 1.29 is 29.4 Å². The number of carbonyl (C=O) groups is 4. The van der Waals surface area contributed by atoms with Gasteiger partial charge < -0.3 is 32.3 Å². The van der Waals surface area contributed by atoms with Gasteiger partial charge in [-0.1, -0.05) is 0 Å². The third kappa shape index (κ3) is 6.80. The average molecular weight is 466 g/mol. The highest BCUT2D eigenvalue weighted by molar-refractivity contribution is 7.18. The molecule has 172 valence electrons. The molecule has 0 fully saturated rings. The number of aromatic amines is 1. The third-order valence-corrected chi connectivity index (χ3v) is 5.30. The fourth-order valence-corrected chi connectivity index (χ4v) is 3.54. The molecule has 0 radical (unpaired) electrons. The van der Waals surface area contributed by atoms with E-state index in [-0.39, 0.29) is 23.1 Å². The van der Waals surface area contributed by atoms with E-state index in [4.69, 9.17) is 21.7 Å². The Hall–Kier alpha value is -3.94. The summed E-state index contributed by atoms with van der Waals surface area (Å²) in [6.07, 6.45) is 0.0403. The summed E-state index contributed by atoms with van der Waals surface area (Å²) in [4.78, 5) is 64.2. The van der Waals surface area contributed by atoms with Crippen LogP contribution in [0.25, 0.3) is 0 Å². The van der Waals surface area contributed by atoms with Crippen molar-refractivity contribution in [3.05, 3.63) is 32.9 Å². The Bertz CT molecular complexity index is 1080. The van der Waals surface area contributed by atoms with E-state index in [2.05, 4.69) is 15.3 Å². The third-order valence-electron chi connectivity index (χ3n) is 4.25. The SMILES string of the molecule is Nc1nc(N)c(CCCNc2ccc(C(=O)C(=O)N[C@@H](CCC(=O)O)C(=O)O)s2)c(=O)[nH]1. The molecular weight excluding hydrogens is 444 g/mol. The van der Waals surface area contributed by atoms with Crippen LogP contribution in [0.3, 0.4) is 0 Å². The highest BCUT2D eigenvalue weighted by Gasteiger charge is 2.26. The largest absolute Gasteiger partial charge is 0.481 e. The Morgan fingerprint density at radius 2 is 1.91 bits per heavy atom. The van der Waals surface area contributed by atoms with Crippen LogP contribution in [0.1, 0.15) is 34.5 Å². The zero-order valence-corrected chi connectivity index (χ0v) is 17.5. The number of nitrogens with one attached hydrogen (secondary N) is 3. The number of hydrogen-bond acceptors (Lipinski definition) is 10. The van der Waals surface area contributed by atoms with Crippen LogP contribution in [-0.4, -0.2) is 56.4 Å². The average Bonchev–Trinajstić information content (AvgIpc) is 3.17. The van der Waals surface area contributed by atoms with E-state index >= 15 is 0 Å². The van der Waals surface area contributed by atoms with E-state index in [1.54, 1.807) is 6.07 Å². The second kappa shape index (κ2) is 10.9. The van der Waals surface area contributed by atoms with Gasteiger partial charge in [-0.25, -0.2) is 4.79 Å². The molecular formula is C18H22N6O7S. The number of rotatable bonds is 12. The summed E-state index contributed by atoms with van der Waals surface area (Å²) < 4.78 is 0. The van der Waals surface area contributed by atoms with E-state index in [0.717, 1.165) is 11.3 Å². The lowest BCUT2D eigenvalue weighted by molar-refractivity contribution is -0.142.